The monoisotopic (exact) mass is 414 g/mol. The van der Waals surface area contributed by atoms with E-state index in [0.717, 1.165) is 28.1 Å². The number of nitrogens with one attached hydrogen (secondary N) is 1. The van der Waals surface area contributed by atoms with Crippen molar-refractivity contribution in [1.82, 2.24) is 14.3 Å². The Labute approximate surface area is 180 Å². The molecule has 0 saturated carbocycles. The van der Waals surface area contributed by atoms with Gasteiger partial charge < -0.3 is 5.32 Å². The molecular weight excluding hydrogens is 392 g/mol. The summed E-state index contributed by atoms with van der Waals surface area (Å²) in [6.07, 6.45) is 0. The summed E-state index contributed by atoms with van der Waals surface area (Å²) in [6.45, 7) is 4.13. The van der Waals surface area contributed by atoms with E-state index in [9.17, 15) is 4.79 Å². The lowest BCUT2D eigenvalue weighted by Crippen LogP contribution is -2.19. The molecule has 6 heteroatoms. The van der Waals surface area contributed by atoms with Crippen LogP contribution in [0.3, 0.4) is 0 Å². The van der Waals surface area contributed by atoms with E-state index in [4.69, 9.17) is 17.3 Å². The Morgan fingerprint density at radius 2 is 1.63 bits per heavy atom. The molecular formula is C24H22N4OS. The van der Waals surface area contributed by atoms with E-state index >= 15 is 0 Å². The Kier molecular flexibility index (Phi) is 5.59. The minimum Gasteiger partial charge on any atom is -0.324 e. The zero-order valence-electron chi connectivity index (χ0n) is 16.9. The highest BCUT2D eigenvalue weighted by Crippen LogP contribution is 2.25. The van der Waals surface area contributed by atoms with E-state index < -0.39 is 0 Å². The van der Waals surface area contributed by atoms with Crippen LogP contribution in [0.4, 0.5) is 5.69 Å². The molecule has 0 aliphatic rings. The molecule has 0 aliphatic carbocycles. The fourth-order valence-electron chi connectivity index (χ4n) is 3.32. The molecule has 0 aliphatic heterocycles. The van der Waals surface area contributed by atoms with Crippen LogP contribution < -0.4 is 5.32 Å². The van der Waals surface area contributed by atoms with Gasteiger partial charge in [0.25, 0.3) is 0 Å². The summed E-state index contributed by atoms with van der Waals surface area (Å²) >= 11 is 5.76. The molecule has 0 unspecified atom stereocenters. The average molecular weight is 415 g/mol. The minimum absolute atomic E-state index is 0.0332. The van der Waals surface area contributed by atoms with Gasteiger partial charge in [-0.15, -0.1) is 0 Å². The highest BCUT2D eigenvalue weighted by atomic mass is 32.1. The van der Waals surface area contributed by atoms with Gasteiger partial charge in [-0.25, -0.2) is 4.68 Å². The topological polar surface area (TPSA) is 51.9 Å². The summed E-state index contributed by atoms with van der Waals surface area (Å²) in [7, 11) is 0. The predicted molar refractivity (Wildman–Crippen MR) is 122 cm³/mol. The number of anilines is 1. The van der Waals surface area contributed by atoms with Gasteiger partial charge in [-0.1, -0.05) is 60.7 Å². The number of amides is 1. The number of carbonyl (C=O) groups is 1. The van der Waals surface area contributed by atoms with Gasteiger partial charge in [0, 0.05) is 11.3 Å². The van der Waals surface area contributed by atoms with Crippen LogP contribution in [0.5, 0.6) is 0 Å². The van der Waals surface area contributed by atoms with Gasteiger partial charge >= 0.3 is 0 Å². The molecule has 4 aromatic rings. The molecule has 1 amide bonds. The van der Waals surface area contributed by atoms with Crippen molar-refractivity contribution in [2.45, 2.75) is 20.4 Å². The summed E-state index contributed by atoms with van der Waals surface area (Å²) in [6, 6.07) is 25.5. The molecule has 150 valence electrons. The van der Waals surface area contributed by atoms with E-state index in [0.29, 0.717) is 10.6 Å². The van der Waals surface area contributed by atoms with Crippen molar-refractivity contribution in [3.8, 4) is 17.1 Å². The van der Waals surface area contributed by atoms with E-state index in [-0.39, 0.29) is 12.5 Å². The molecule has 5 nitrogen and oxygen atoms in total. The molecule has 1 N–H and O–H groups in total. The molecule has 30 heavy (non-hydrogen) atoms. The van der Waals surface area contributed by atoms with Gasteiger partial charge in [0.05, 0.1) is 5.69 Å². The third-order valence-electron chi connectivity index (χ3n) is 4.83. The summed E-state index contributed by atoms with van der Waals surface area (Å²) in [5.41, 5.74) is 4.86. The second-order valence-corrected chi connectivity index (χ2v) is 7.53. The van der Waals surface area contributed by atoms with E-state index in [1.165, 1.54) is 0 Å². The first kappa shape index (κ1) is 19.8. The molecule has 1 heterocycles. The van der Waals surface area contributed by atoms with Crippen molar-refractivity contribution >= 4 is 23.8 Å². The maximum absolute atomic E-state index is 12.6. The van der Waals surface area contributed by atoms with Gasteiger partial charge in [0.2, 0.25) is 10.7 Å². The Morgan fingerprint density at radius 1 is 0.967 bits per heavy atom. The number of aryl methyl sites for hydroxylation is 2. The third-order valence-corrected chi connectivity index (χ3v) is 5.22. The molecule has 0 spiro atoms. The van der Waals surface area contributed by atoms with Crippen LogP contribution in [0.2, 0.25) is 0 Å². The van der Waals surface area contributed by atoms with E-state index in [1.807, 2.05) is 79.1 Å². The number of hydrogen-bond acceptors (Lipinski definition) is 3. The zero-order valence-corrected chi connectivity index (χ0v) is 17.7. The lowest BCUT2D eigenvalue weighted by Gasteiger charge is -2.11. The van der Waals surface area contributed by atoms with Crippen LogP contribution in [0, 0.1) is 18.6 Å². The molecule has 0 radical (unpaired) electrons. The lowest BCUT2D eigenvalue weighted by atomic mass is 10.1. The summed E-state index contributed by atoms with van der Waals surface area (Å²) in [4.78, 5) is 12.6. The quantitative estimate of drug-likeness (QED) is 0.449. The third kappa shape index (κ3) is 4.09. The second-order valence-electron chi connectivity index (χ2n) is 7.17. The SMILES string of the molecule is Cc1ccc(C)c(-n2c(-c3ccccc3)nn(CC(=O)Nc3ccccc3)c2=S)c1. The molecule has 4 rings (SSSR count). The normalized spacial score (nSPS) is 10.7. The molecule has 0 atom stereocenters. The number of aromatic nitrogens is 3. The van der Waals surface area contributed by atoms with Crippen LogP contribution in [-0.2, 0) is 11.3 Å². The maximum atomic E-state index is 12.6. The Morgan fingerprint density at radius 3 is 2.33 bits per heavy atom. The summed E-state index contributed by atoms with van der Waals surface area (Å²) in [5.74, 6) is 0.532. The fourth-order valence-corrected chi connectivity index (χ4v) is 3.61. The van der Waals surface area contributed by atoms with Gasteiger partial charge in [-0.3, -0.25) is 9.36 Å². The predicted octanol–water partition coefficient (Wildman–Crippen LogP) is 5.33. The maximum Gasteiger partial charge on any atom is 0.246 e. The van der Waals surface area contributed by atoms with Gasteiger partial charge in [-0.05, 0) is 55.4 Å². The van der Waals surface area contributed by atoms with Crippen molar-refractivity contribution < 1.29 is 4.79 Å². The zero-order chi connectivity index (χ0) is 21.1. The minimum atomic E-state index is -0.178. The first-order valence-corrected chi connectivity index (χ1v) is 10.1. The van der Waals surface area contributed by atoms with E-state index in [1.54, 1.807) is 4.68 Å². The molecule has 0 bridgehead atoms. The van der Waals surface area contributed by atoms with Gasteiger partial charge in [0.15, 0.2) is 5.82 Å². The second kappa shape index (κ2) is 8.47. The van der Waals surface area contributed by atoms with Crippen molar-refractivity contribution in [1.29, 1.82) is 0 Å². The Balaban J connectivity index is 1.78. The molecule has 0 fully saturated rings. The first-order chi connectivity index (χ1) is 14.5. The summed E-state index contributed by atoms with van der Waals surface area (Å²) < 4.78 is 4.01. The van der Waals surface area contributed by atoms with Crippen molar-refractivity contribution in [2.75, 3.05) is 5.32 Å². The molecule has 3 aromatic carbocycles. The highest BCUT2D eigenvalue weighted by Gasteiger charge is 2.17. The Hall–Kier alpha value is -3.51. The van der Waals surface area contributed by atoms with Crippen LogP contribution in [0.25, 0.3) is 17.1 Å². The highest BCUT2D eigenvalue weighted by molar-refractivity contribution is 7.71. The summed E-state index contributed by atoms with van der Waals surface area (Å²) in [5, 5.41) is 7.61. The molecule has 1 aromatic heterocycles. The molecule has 0 saturated heterocycles. The van der Waals surface area contributed by atoms with Gasteiger partial charge in [0.1, 0.15) is 6.54 Å². The van der Waals surface area contributed by atoms with Crippen molar-refractivity contribution in [3.05, 3.63) is 94.8 Å². The number of hydrogen-bond donors (Lipinski definition) is 1. The number of benzene rings is 3. The number of carbonyl (C=O) groups excluding carboxylic acids is 1. The first-order valence-electron chi connectivity index (χ1n) is 9.71. The smallest absolute Gasteiger partial charge is 0.246 e. The van der Waals surface area contributed by atoms with Crippen molar-refractivity contribution in [2.24, 2.45) is 0 Å². The van der Waals surface area contributed by atoms with E-state index in [2.05, 4.69) is 23.5 Å². The van der Waals surface area contributed by atoms with Crippen LogP contribution >= 0.6 is 12.2 Å². The fraction of sp³-hybridized carbons (Fsp3) is 0.125. The van der Waals surface area contributed by atoms with Crippen LogP contribution in [0.15, 0.2) is 78.9 Å². The Bertz CT molecular complexity index is 1240. The van der Waals surface area contributed by atoms with Crippen LogP contribution in [-0.4, -0.2) is 20.3 Å². The number of para-hydroxylation sites is 1. The number of nitrogens with zero attached hydrogens (tertiary/aromatic N) is 3. The number of rotatable bonds is 5. The van der Waals surface area contributed by atoms with Crippen molar-refractivity contribution in [3.63, 3.8) is 0 Å². The lowest BCUT2D eigenvalue weighted by molar-refractivity contribution is -0.116. The van der Waals surface area contributed by atoms with Gasteiger partial charge in [-0.2, -0.15) is 5.10 Å². The average Bonchev–Trinajstić information content (AvgIpc) is 3.07. The largest absolute Gasteiger partial charge is 0.324 e. The standard InChI is InChI=1S/C24H22N4OS/c1-17-13-14-18(2)21(15-17)28-23(19-9-5-3-6-10-19)26-27(24(28)30)16-22(29)25-20-11-7-4-8-12-20/h3-15H,16H2,1-2H3,(H,25,29). The van der Waals surface area contributed by atoms with Crippen LogP contribution in [0.1, 0.15) is 11.1 Å².